The highest BCUT2D eigenvalue weighted by Gasteiger charge is 2.70. The molecule has 15 heavy (non-hydrogen) atoms. The highest BCUT2D eigenvalue weighted by molar-refractivity contribution is 5.43. The molecule has 0 saturated heterocycles. The molecule has 1 aliphatic carbocycles. The van der Waals surface area contributed by atoms with Gasteiger partial charge in [0.25, 0.3) is 11.6 Å². The first-order valence-corrected chi connectivity index (χ1v) is 4.28. The van der Waals surface area contributed by atoms with Gasteiger partial charge in [0.2, 0.25) is 0 Å². The first-order valence-electron chi connectivity index (χ1n) is 4.28. The summed E-state index contributed by atoms with van der Waals surface area (Å²) in [6.07, 6.45) is -0.457. The summed E-state index contributed by atoms with van der Waals surface area (Å²) in [7, 11) is 0. The van der Waals surface area contributed by atoms with E-state index in [1.54, 1.807) is 0 Å². The van der Waals surface area contributed by atoms with Crippen LogP contribution in [0.15, 0.2) is 24.3 Å². The average molecular weight is 214 g/mol. The van der Waals surface area contributed by atoms with E-state index in [1.807, 2.05) is 0 Å². The van der Waals surface area contributed by atoms with Gasteiger partial charge in [0, 0.05) is 18.6 Å². The lowest BCUT2D eigenvalue weighted by molar-refractivity contribution is -0.384. The van der Waals surface area contributed by atoms with Crippen LogP contribution < -0.4 is 5.73 Å². The van der Waals surface area contributed by atoms with Crippen molar-refractivity contribution in [3.05, 3.63) is 39.9 Å². The number of nitrogens with two attached hydrogens (primary N) is 1. The van der Waals surface area contributed by atoms with E-state index >= 15 is 0 Å². The molecule has 0 aromatic heterocycles. The molecule has 1 fully saturated rings. The van der Waals surface area contributed by atoms with E-state index in [2.05, 4.69) is 0 Å². The van der Waals surface area contributed by atoms with Gasteiger partial charge in [0.05, 0.1) is 4.92 Å². The number of halogens is 2. The van der Waals surface area contributed by atoms with Crippen molar-refractivity contribution >= 4 is 5.69 Å². The van der Waals surface area contributed by atoms with Crippen molar-refractivity contribution in [3.63, 3.8) is 0 Å². The fraction of sp³-hybridized carbons (Fsp3) is 0.333. The lowest BCUT2D eigenvalue weighted by atomic mass is 10.0. The van der Waals surface area contributed by atoms with Crippen molar-refractivity contribution in [2.45, 2.75) is 17.9 Å². The Hall–Kier alpha value is -1.56. The summed E-state index contributed by atoms with van der Waals surface area (Å²) in [6.45, 7) is 0. The van der Waals surface area contributed by atoms with Crippen LogP contribution in [0.3, 0.4) is 0 Å². The number of nitro groups is 1. The number of alkyl halides is 2. The maximum absolute atomic E-state index is 12.9. The van der Waals surface area contributed by atoms with E-state index in [0.717, 1.165) is 6.07 Å². The van der Waals surface area contributed by atoms with E-state index in [0.29, 0.717) is 0 Å². The molecule has 0 bridgehead atoms. The second-order valence-electron chi connectivity index (χ2n) is 3.66. The number of nitrogens with zero attached hydrogens (tertiary/aromatic N) is 1. The van der Waals surface area contributed by atoms with Gasteiger partial charge in [-0.15, -0.1) is 0 Å². The van der Waals surface area contributed by atoms with Gasteiger partial charge in [-0.1, -0.05) is 12.1 Å². The van der Waals surface area contributed by atoms with Crippen LogP contribution in [0, 0.1) is 10.1 Å². The number of rotatable bonds is 2. The van der Waals surface area contributed by atoms with Crippen molar-refractivity contribution in [1.29, 1.82) is 0 Å². The third-order valence-corrected chi connectivity index (χ3v) is 2.60. The van der Waals surface area contributed by atoms with Crippen molar-refractivity contribution in [1.82, 2.24) is 0 Å². The van der Waals surface area contributed by atoms with Crippen LogP contribution in [-0.2, 0) is 5.54 Å². The van der Waals surface area contributed by atoms with Crippen molar-refractivity contribution in [3.8, 4) is 0 Å². The molecular weight excluding hydrogens is 206 g/mol. The van der Waals surface area contributed by atoms with Crippen molar-refractivity contribution in [2.24, 2.45) is 5.73 Å². The summed E-state index contributed by atoms with van der Waals surface area (Å²) >= 11 is 0. The molecule has 4 nitrogen and oxygen atoms in total. The van der Waals surface area contributed by atoms with E-state index < -0.39 is 22.8 Å². The van der Waals surface area contributed by atoms with Crippen molar-refractivity contribution < 1.29 is 13.7 Å². The highest BCUT2D eigenvalue weighted by atomic mass is 19.3. The van der Waals surface area contributed by atoms with E-state index in [9.17, 15) is 18.9 Å². The molecule has 1 aromatic rings. The maximum Gasteiger partial charge on any atom is 0.272 e. The minimum Gasteiger partial charge on any atom is -0.316 e. The Bertz CT molecular complexity index is 436. The highest BCUT2D eigenvalue weighted by Crippen LogP contribution is 2.57. The van der Waals surface area contributed by atoms with Crippen LogP contribution in [0.4, 0.5) is 14.5 Å². The van der Waals surface area contributed by atoms with Crippen LogP contribution in [0.2, 0.25) is 0 Å². The second-order valence-corrected chi connectivity index (χ2v) is 3.66. The van der Waals surface area contributed by atoms with Gasteiger partial charge >= 0.3 is 0 Å². The molecular formula is C9H8F2N2O2. The molecule has 2 N–H and O–H groups in total. The average Bonchev–Trinajstić information content (AvgIpc) is 2.68. The third kappa shape index (κ3) is 1.37. The molecule has 6 heteroatoms. The zero-order valence-electron chi connectivity index (χ0n) is 7.61. The Balaban J connectivity index is 2.39. The van der Waals surface area contributed by atoms with Gasteiger partial charge in [-0.05, 0) is 5.56 Å². The SMILES string of the molecule is NC1(c2cccc([N+](=O)[O-])c2)CC1(F)F. The zero-order chi connectivity index (χ0) is 11.3. The summed E-state index contributed by atoms with van der Waals surface area (Å²) in [6, 6.07) is 5.08. The van der Waals surface area contributed by atoms with Crippen LogP contribution in [0.1, 0.15) is 12.0 Å². The summed E-state index contributed by atoms with van der Waals surface area (Å²) in [4.78, 5) is 9.81. The molecule has 0 heterocycles. The van der Waals surface area contributed by atoms with E-state index in [-0.39, 0.29) is 11.3 Å². The molecule has 0 amide bonds. The lowest BCUT2D eigenvalue weighted by Crippen LogP contribution is -2.27. The molecule has 1 atom stereocenters. The first kappa shape index (κ1) is 9.97. The standard InChI is InChI=1S/C9H8F2N2O2/c10-9(11)5-8(9,12)6-2-1-3-7(4-6)13(14)15/h1-4H,5,12H2. The van der Waals surface area contributed by atoms with Gasteiger partial charge in [0.1, 0.15) is 5.54 Å². The third-order valence-electron chi connectivity index (χ3n) is 2.60. The largest absolute Gasteiger partial charge is 0.316 e. The summed E-state index contributed by atoms with van der Waals surface area (Å²) in [5.74, 6) is -2.96. The van der Waals surface area contributed by atoms with Gasteiger partial charge in [0.15, 0.2) is 0 Å². The Labute approximate surface area is 83.8 Å². The molecule has 0 radical (unpaired) electrons. The molecule has 2 rings (SSSR count). The fourth-order valence-electron chi connectivity index (χ4n) is 1.52. The Morgan fingerprint density at radius 3 is 2.53 bits per heavy atom. The normalized spacial score (nSPS) is 27.4. The van der Waals surface area contributed by atoms with Crippen LogP contribution in [0.25, 0.3) is 0 Å². The van der Waals surface area contributed by atoms with Crippen LogP contribution >= 0.6 is 0 Å². The van der Waals surface area contributed by atoms with Crippen LogP contribution in [0.5, 0.6) is 0 Å². The smallest absolute Gasteiger partial charge is 0.272 e. The van der Waals surface area contributed by atoms with Gasteiger partial charge < -0.3 is 5.73 Å². The predicted octanol–water partition coefficient (Wildman–Crippen LogP) is 1.79. The summed E-state index contributed by atoms with van der Waals surface area (Å²) in [5, 5.41) is 10.4. The van der Waals surface area contributed by atoms with Gasteiger partial charge in [-0.3, -0.25) is 10.1 Å². The molecule has 1 saturated carbocycles. The maximum atomic E-state index is 12.9. The van der Waals surface area contributed by atoms with Crippen molar-refractivity contribution in [2.75, 3.05) is 0 Å². The van der Waals surface area contributed by atoms with E-state index in [4.69, 9.17) is 5.73 Å². The minimum absolute atomic E-state index is 0.113. The number of nitro benzene ring substituents is 1. The lowest BCUT2D eigenvalue weighted by Gasteiger charge is -2.09. The Morgan fingerprint density at radius 1 is 1.47 bits per heavy atom. The second kappa shape index (κ2) is 2.73. The number of benzene rings is 1. The molecule has 1 aromatic carbocycles. The number of hydrogen-bond donors (Lipinski definition) is 1. The van der Waals surface area contributed by atoms with Gasteiger partial charge in [-0.25, -0.2) is 8.78 Å². The summed E-state index contributed by atoms with van der Waals surface area (Å²) < 4.78 is 25.8. The Morgan fingerprint density at radius 2 is 2.07 bits per heavy atom. The molecule has 0 spiro atoms. The van der Waals surface area contributed by atoms with Crippen LogP contribution in [-0.4, -0.2) is 10.8 Å². The predicted molar refractivity (Wildman–Crippen MR) is 48.5 cm³/mol. The monoisotopic (exact) mass is 214 g/mol. The topological polar surface area (TPSA) is 69.2 Å². The zero-order valence-corrected chi connectivity index (χ0v) is 7.61. The molecule has 1 unspecified atom stereocenters. The van der Waals surface area contributed by atoms with Gasteiger partial charge in [-0.2, -0.15) is 0 Å². The number of non-ortho nitro benzene ring substituents is 1. The first-order chi connectivity index (χ1) is 6.87. The van der Waals surface area contributed by atoms with E-state index in [1.165, 1.54) is 18.2 Å². The molecule has 1 aliphatic rings. The quantitative estimate of drug-likeness (QED) is 0.602. The molecule has 0 aliphatic heterocycles. The molecule has 80 valence electrons. The Kier molecular flexibility index (Phi) is 1.81. The minimum atomic E-state index is -2.96. The summed E-state index contributed by atoms with van der Waals surface area (Å²) in [5.41, 5.74) is 3.61. The fourth-order valence-corrected chi connectivity index (χ4v) is 1.52. The number of hydrogen-bond acceptors (Lipinski definition) is 3.